The number of carbonyl (C=O) groups is 1. The average molecular weight is 269 g/mol. The molecule has 1 N–H and O–H groups in total. The molecule has 0 aliphatic heterocycles. The molecule has 0 aliphatic rings. The highest BCUT2D eigenvalue weighted by molar-refractivity contribution is 6.04. The van der Waals surface area contributed by atoms with Gasteiger partial charge in [0.2, 0.25) is 0 Å². The van der Waals surface area contributed by atoms with Gasteiger partial charge < -0.3 is 10.2 Å². The first-order valence-electron chi connectivity index (χ1n) is 6.49. The Balaban J connectivity index is 2.17. The molecule has 0 saturated heterocycles. The quantitative estimate of drug-likeness (QED) is 0.931. The Morgan fingerprint density at radius 2 is 1.90 bits per heavy atom. The summed E-state index contributed by atoms with van der Waals surface area (Å²) in [6, 6.07) is 9.60. The predicted octanol–water partition coefficient (Wildman–Crippen LogP) is 3.02. The van der Waals surface area contributed by atoms with Gasteiger partial charge in [0, 0.05) is 26.0 Å². The SMILES string of the molecule is Cc1ccc(C)c(NC(=O)c2ccc(N(C)C)nc2)c1. The van der Waals surface area contributed by atoms with Crippen LogP contribution in [0.4, 0.5) is 11.5 Å². The van der Waals surface area contributed by atoms with Gasteiger partial charge in [-0.3, -0.25) is 4.79 Å². The molecule has 2 aromatic rings. The van der Waals surface area contributed by atoms with Gasteiger partial charge in [-0.2, -0.15) is 0 Å². The zero-order chi connectivity index (χ0) is 14.7. The molecule has 1 aromatic carbocycles. The van der Waals surface area contributed by atoms with Crippen molar-refractivity contribution in [2.75, 3.05) is 24.3 Å². The van der Waals surface area contributed by atoms with Crippen LogP contribution in [0.25, 0.3) is 0 Å². The summed E-state index contributed by atoms with van der Waals surface area (Å²) in [5.74, 6) is 0.685. The molecule has 0 radical (unpaired) electrons. The molecule has 0 atom stereocenters. The fourth-order valence-corrected chi connectivity index (χ4v) is 1.85. The smallest absolute Gasteiger partial charge is 0.257 e. The number of hydrogen-bond donors (Lipinski definition) is 1. The van der Waals surface area contributed by atoms with E-state index < -0.39 is 0 Å². The number of carbonyl (C=O) groups excluding carboxylic acids is 1. The van der Waals surface area contributed by atoms with Gasteiger partial charge in [-0.1, -0.05) is 12.1 Å². The summed E-state index contributed by atoms with van der Waals surface area (Å²) in [6.45, 7) is 3.98. The molecule has 0 bridgehead atoms. The molecule has 1 heterocycles. The second-order valence-electron chi connectivity index (χ2n) is 5.07. The maximum absolute atomic E-state index is 12.2. The first-order valence-corrected chi connectivity index (χ1v) is 6.49. The van der Waals surface area contributed by atoms with Gasteiger partial charge in [-0.25, -0.2) is 4.98 Å². The molecule has 2 rings (SSSR count). The number of rotatable bonds is 3. The summed E-state index contributed by atoms with van der Waals surface area (Å²) in [7, 11) is 3.83. The Bertz CT molecular complexity index is 618. The van der Waals surface area contributed by atoms with E-state index in [9.17, 15) is 4.79 Å². The van der Waals surface area contributed by atoms with Gasteiger partial charge in [0.05, 0.1) is 5.56 Å². The summed E-state index contributed by atoms with van der Waals surface area (Å²) in [5, 5.41) is 2.92. The highest BCUT2D eigenvalue weighted by Crippen LogP contribution is 2.17. The highest BCUT2D eigenvalue weighted by atomic mass is 16.1. The van der Waals surface area contributed by atoms with Crippen molar-refractivity contribution in [1.82, 2.24) is 4.98 Å². The van der Waals surface area contributed by atoms with Crippen LogP contribution in [-0.2, 0) is 0 Å². The number of amides is 1. The van der Waals surface area contributed by atoms with Crippen LogP contribution in [0.3, 0.4) is 0 Å². The lowest BCUT2D eigenvalue weighted by Gasteiger charge is -2.12. The third-order valence-electron chi connectivity index (χ3n) is 3.11. The Morgan fingerprint density at radius 1 is 1.15 bits per heavy atom. The van der Waals surface area contributed by atoms with Crippen LogP contribution in [-0.4, -0.2) is 25.0 Å². The van der Waals surface area contributed by atoms with E-state index in [-0.39, 0.29) is 5.91 Å². The fourth-order valence-electron chi connectivity index (χ4n) is 1.85. The minimum atomic E-state index is -0.142. The number of nitrogens with zero attached hydrogens (tertiary/aromatic N) is 2. The van der Waals surface area contributed by atoms with E-state index in [2.05, 4.69) is 10.3 Å². The lowest BCUT2D eigenvalue weighted by atomic mass is 10.1. The number of aryl methyl sites for hydroxylation is 2. The molecule has 104 valence electrons. The van der Waals surface area contributed by atoms with Crippen molar-refractivity contribution >= 4 is 17.4 Å². The van der Waals surface area contributed by atoms with Crippen molar-refractivity contribution in [3.8, 4) is 0 Å². The lowest BCUT2D eigenvalue weighted by molar-refractivity contribution is 0.102. The zero-order valence-corrected chi connectivity index (χ0v) is 12.3. The van der Waals surface area contributed by atoms with Crippen LogP contribution in [0.1, 0.15) is 21.5 Å². The summed E-state index contributed by atoms with van der Waals surface area (Å²) in [6.07, 6.45) is 1.59. The van der Waals surface area contributed by atoms with Crippen LogP contribution < -0.4 is 10.2 Å². The third-order valence-corrected chi connectivity index (χ3v) is 3.11. The molecule has 0 aliphatic carbocycles. The summed E-state index contributed by atoms with van der Waals surface area (Å²) >= 11 is 0. The van der Waals surface area contributed by atoms with Crippen molar-refractivity contribution in [2.24, 2.45) is 0 Å². The molecule has 1 amide bonds. The number of aromatic nitrogens is 1. The van der Waals surface area contributed by atoms with Gasteiger partial charge in [-0.05, 0) is 43.2 Å². The minimum Gasteiger partial charge on any atom is -0.363 e. The lowest BCUT2D eigenvalue weighted by Crippen LogP contribution is -2.15. The van der Waals surface area contributed by atoms with Crippen LogP contribution in [0.2, 0.25) is 0 Å². The number of hydrogen-bond acceptors (Lipinski definition) is 3. The Hall–Kier alpha value is -2.36. The number of anilines is 2. The molecule has 0 fully saturated rings. The third kappa shape index (κ3) is 3.15. The first-order chi connectivity index (χ1) is 9.47. The fraction of sp³-hybridized carbons (Fsp3) is 0.250. The molecule has 0 spiro atoms. The average Bonchev–Trinajstić information content (AvgIpc) is 2.43. The normalized spacial score (nSPS) is 10.2. The summed E-state index contributed by atoms with van der Waals surface area (Å²) in [5.41, 5.74) is 3.55. The summed E-state index contributed by atoms with van der Waals surface area (Å²) in [4.78, 5) is 18.3. The molecule has 1 aromatic heterocycles. The maximum Gasteiger partial charge on any atom is 0.257 e. The van der Waals surface area contributed by atoms with Gasteiger partial charge in [0.25, 0.3) is 5.91 Å². The molecular formula is C16H19N3O. The Kier molecular flexibility index (Phi) is 4.03. The Labute approximate surface area is 119 Å². The molecular weight excluding hydrogens is 250 g/mol. The molecule has 4 heteroatoms. The first kappa shape index (κ1) is 14.1. The number of pyridine rings is 1. The maximum atomic E-state index is 12.2. The predicted molar refractivity (Wildman–Crippen MR) is 82.4 cm³/mol. The van der Waals surface area contributed by atoms with Gasteiger partial charge in [0.15, 0.2) is 0 Å². The minimum absolute atomic E-state index is 0.142. The molecule has 20 heavy (non-hydrogen) atoms. The number of benzene rings is 1. The number of nitrogens with one attached hydrogen (secondary N) is 1. The van der Waals surface area contributed by atoms with Crippen LogP contribution in [0, 0.1) is 13.8 Å². The molecule has 4 nitrogen and oxygen atoms in total. The standard InChI is InChI=1S/C16H19N3O/c1-11-5-6-12(2)14(9-11)18-16(20)13-7-8-15(17-10-13)19(3)4/h5-10H,1-4H3,(H,18,20). The zero-order valence-electron chi connectivity index (χ0n) is 12.3. The van der Waals surface area contributed by atoms with Gasteiger partial charge >= 0.3 is 0 Å². The van der Waals surface area contributed by atoms with Crippen molar-refractivity contribution in [3.63, 3.8) is 0 Å². The van der Waals surface area contributed by atoms with E-state index in [0.717, 1.165) is 22.6 Å². The largest absolute Gasteiger partial charge is 0.363 e. The van der Waals surface area contributed by atoms with Crippen LogP contribution in [0.5, 0.6) is 0 Å². The Morgan fingerprint density at radius 3 is 2.50 bits per heavy atom. The summed E-state index contributed by atoms with van der Waals surface area (Å²) < 4.78 is 0. The van der Waals surface area contributed by atoms with Gasteiger partial charge in [-0.15, -0.1) is 0 Å². The van der Waals surface area contributed by atoms with Crippen molar-refractivity contribution in [2.45, 2.75) is 13.8 Å². The molecule has 0 unspecified atom stereocenters. The van der Waals surface area contributed by atoms with Crippen molar-refractivity contribution < 1.29 is 4.79 Å². The van der Waals surface area contributed by atoms with E-state index in [4.69, 9.17) is 0 Å². The molecule has 0 saturated carbocycles. The van der Waals surface area contributed by atoms with Crippen molar-refractivity contribution in [3.05, 3.63) is 53.2 Å². The van der Waals surface area contributed by atoms with E-state index in [1.165, 1.54) is 0 Å². The van der Waals surface area contributed by atoms with E-state index in [0.29, 0.717) is 5.56 Å². The van der Waals surface area contributed by atoms with Crippen LogP contribution in [0.15, 0.2) is 36.5 Å². The monoisotopic (exact) mass is 269 g/mol. The van der Waals surface area contributed by atoms with Gasteiger partial charge in [0.1, 0.15) is 5.82 Å². The van der Waals surface area contributed by atoms with Crippen molar-refractivity contribution in [1.29, 1.82) is 0 Å². The second kappa shape index (κ2) is 5.74. The van der Waals surface area contributed by atoms with E-state index >= 15 is 0 Å². The topological polar surface area (TPSA) is 45.2 Å². The van der Waals surface area contributed by atoms with E-state index in [1.54, 1.807) is 12.3 Å². The highest BCUT2D eigenvalue weighted by Gasteiger charge is 2.09. The van der Waals surface area contributed by atoms with Crippen LogP contribution >= 0.6 is 0 Å². The van der Waals surface area contributed by atoms with E-state index in [1.807, 2.05) is 57.1 Å². The second-order valence-corrected chi connectivity index (χ2v) is 5.07.